The lowest BCUT2D eigenvalue weighted by Crippen LogP contribution is -2.38. The highest BCUT2D eigenvalue weighted by Crippen LogP contribution is 2.33. The molecule has 1 saturated heterocycles. The maximum Gasteiger partial charge on any atom is 0.139 e. The van der Waals surface area contributed by atoms with E-state index in [1.54, 1.807) is 0 Å². The van der Waals surface area contributed by atoms with Crippen molar-refractivity contribution in [3.8, 4) is 11.1 Å². The highest BCUT2D eigenvalue weighted by Gasteiger charge is 2.34. The van der Waals surface area contributed by atoms with E-state index in [0.717, 1.165) is 19.1 Å². The summed E-state index contributed by atoms with van der Waals surface area (Å²) in [5.41, 5.74) is 4.69. The molecule has 1 heterocycles. The van der Waals surface area contributed by atoms with E-state index in [0.29, 0.717) is 0 Å². The van der Waals surface area contributed by atoms with Crippen LogP contribution < -0.4 is 5.32 Å². The third-order valence-electron chi connectivity index (χ3n) is 4.46. The lowest BCUT2D eigenvalue weighted by molar-refractivity contribution is -0.112. The minimum Gasteiger partial charge on any atom is -0.301 e. The lowest BCUT2D eigenvalue weighted by Gasteiger charge is -2.19. The van der Waals surface area contributed by atoms with Gasteiger partial charge in [-0.3, -0.25) is 5.32 Å². The predicted molar refractivity (Wildman–Crippen MR) is 86.2 cm³/mol. The summed E-state index contributed by atoms with van der Waals surface area (Å²) in [7, 11) is 0. The maximum atomic E-state index is 11.2. The molecule has 1 fully saturated rings. The van der Waals surface area contributed by atoms with Crippen molar-refractivity contribution in [3.63, 3.8) is 0 Å². The number of hydrogen-bond donors (Lipinski definition) is 1. The van der Waals surface area contributed by atoms with E-state index < -0.39 is 0 Å². The Kier molecular flexibility index (Phi) is 3.64. The summed E-state index contributed by atoms with van der Waals surface area (Å²) >= 11 is 0. The second-order valence-corrected chi connectivity index (χ2v) is 6.21. The molecule has 0 aliphatic carbocycles. The van der Waals surface area contributed by atoms with Crippen LogP contribution >= 0.6 is 0 Å². The number of carbonyl (C=O) groups is 1. The first-order valence-electron chi connectivity index (χ1n) is 7.51. The number of aryl methyl sites for hydroxylation is 1. The predicted octanol–water partition coefficient (Wildman–Crippen LogP) is 4.04. The van der Waals surface area contributed by atoms with Crippen LogP contribution in [0.2, 0.25) is 0 Å². The fourth-order valence-electron chi connectivity index (χ4n) is 3.15. The normalized spacial score (nSPS) is 25.0. The van der Waals surface area contributed by atoms with Gasteiger partial charge in [0.2, 0.25) is 0 Å². The number of nitrogens with one attached hydrogen (secondary N) is 1. The van der Waals surface area contributed by atoms with E-state index in [1.807, 2.05) is 6.92 Å². The third kappa shape index (κ3) is 2.77. The molecule has 0 spiro atoms. The van der Waals surface area contributed by atoms with Crippen LogP contribution in [0.25, 0.3) is 11.1 Å². The Morgan fingerprint density at radius 1 is 1.19 bits per heavy atom. The van der Waals surface area contributed by atoms with Gasteiger partial charge in [0.05, 0.1) is 5.54 Å². The number of hydrogen-bond acceptors (Lipinski definition) is 2. The molecule has 0 aromatic heterocycles. The zero-order valence-electron chi connectivity index (χ0n) is 12.6. The summed E-state index contributed by atoms with van der Waals surface area (Å²) in [6, 6.07) is 17.4. The number of benzene rings is 2. The average Bonchev–Trinajstić information content (AvgIpc) is 2.91. The van der Waals surface area contributed by atoms with Crippen molar-refractivity contribution in [3.05, 3.63) is 59.7 Å². The molecule has 2 nitrogen and oxygen atoms in total. The minimum atomic E-state index is -0.372. The average molecular weight is 279 g/mol. The van der Waals surface area contributed by atoms with Gasteiger partial charge in [-0.15, -0.1) is 0 Å². The first-order chi connectivity index (χ1) is 10.1. The molecule has 3 rings (SSSR count). The van der Waals surface area contributed by atoms with Crippen molar-refractivity contribution in [2.75, 3.05) is 0 Å². The van der Waals surface area contributed by atoms with Gasteiger partial charge in [0.1, 0.15) is 6.29 Å². The molecule has 1 aliphatic heterocycles. The first kappa shape index (κ1) is 14.0. The molecular weight excluding hydrogens is 258 g/mol. The molecule has 2 unspecified atom stereocenters. The molecule has 2 aromatic carbocycles. The van der Waals surface area contributed by atoms with E-state index in [1.165, 1.54) is 22.3 Å². The van der Waals surface area contributed by atoms with E-state index >= 15 is 0 Å². The summed E-state index contributed by atoms with van der Waals surface area (Å²) in [4.78, 5) is 11.2. The fourth-order valence-corrected chi connectivity index (χ4v) is 3.15. The van der Waals surface area contributed by atoms with E-state index in [2.05, 4.69) is 60.8 Å². The Balaban J connectivity index is 1.91. The Morgan fingerprint density at radius 3 is 2.71 bits per heavy atom. The minimum absolute atomic E-state index is 0.268. The Morgan fingerprint density at radius 2 is 2.00 bits per heavy atom. The quantitative estimate of drug-likeness (QED) is 0.859. The summed E-state index contributed by atoms with van der Waals surface area (Å²) in [6.07, 6.45) is 2.94. The SMILES string of the molecule is Cc1ccccc1-c1cccc(C2CCC(C)(C=O)N2)c1. The monoisotopic (exact) mass is 279 g/mol. The second kappa shape index (κ2) is 5.45. The van der Waals surface area contributed by atoms with E-state index in [4.69, 9.17) is 0 Å². The maximum absolute atomic E-state index is 11.2. The summed E-state index contributed by atoms with van der Waals surface area (Å²) in [5.74, 6) is 0. The van der Waals surface area contributed by atoms with Crippen molar-refractivity contribution in [2.24, 2.45) is 0 Å². The van der Waals surface area contributed by atoms with Crippen LogP contribution in [-0.4, -0.2) is 11.8 Å². The Hall–Kier alpha value is -1.93. The van der Waals surface area contributed by atoms with Crippen LogP contribution in [-0.2, 0) is 4.79 Å². The molecule has 2 atom stereocenters. The van der Waals surface area contributed by atoms with Crippen LogP contribution in [0.15, 0.2) is 48.5 Å². The van der Waals surface area contributed by atoms with Crippen LogP contribution in [0.3, 0.4) is 0 Å². The van der Waals surface area contributed by atoms with Crippen LogP contribution in [0.5, 0.6) is 0 Å². The van der Waals surface area contributed by atoms with Crippen molar-refractivity contribution in [2.45, 2.75) is 38.3 Å². The molecule has 0 saturated carbocycles. The van der Waals surface area contributed by atoms with Crippen molar-refractivity contribution in [1.82, 2.24) is 5.32 Å². The van der Waals surface area contributed by atoms with Gasteiger partial charge >= 0.3 is 0 Å². The topological polar surface area (TPSA) is 29.1 Å². The molecule has 108 valence electrons. The lowest BCUT2D eigenvalue weighted by atomic mass is 9.96. The van der Waals surface area contributed by atoms with Crippen LogP contribution in [0.4, 0.5) is 0 Å². The molecule has 0 bridgehead atoms. The molecule has 0 amide bonds. The van der Waals surface area contributed by atoms with Gasteiger partial charge in [0.15, 0.2) is 0 Å². The van der Waals surface area contributed by atoms with Crippen LogP contribution in [0.1, 0.15) is 36.9 Å². The van der Waals surface area contributed by atoms with Crippen molar-refractivity contribution < 1.29 is 4.79 Å². The Bertz CT molecular complexity index is 664. The molecule has 2 aromatic rings. The smallest absolute Gasteiger partial charge is 0.139 e. The van der Waals surface area contributed by atoms with Crippen LogP contribution in [0, 0.1) is 6.92 Å². The number of aldehydes is 1. The zero-order chi connectivity index (χ0) is 14.9. The molecular formula is C19H21NO. The van der Waals surface area contributed by atoms with Gasteiger partial charge < -0.3 is 4.79 Å². The summed E-state index contributed by atoms with van der Waals surface area (Å²) < 4.78 is 0. The number of rotatable bonds is 3. The standard InChI is InChI=1S/C19H21NO/c1-14-6-3-4-9-17(14)15-7-5-8-16(12-15)18-10-11-19(2,13-21)20-18/h3-9,12-13,18,20H,10-11H2,1-2H3. The van der Waals surface area contributed by atoms with Gasteiger partial charge in [0.25, 0.3) is 0 Å². The largest absolute Gasteiger partial charge is 0.301 e. The fraction of sp³-hybridized carbons (Fsp3) is 0.316. The Labute approximate surface area is 126 Å². The first-order valence-corrected chi connectivity index (χ1v) is 7.51. The zero-order valence-corrected chi connectivity index (χ0v) is 12.6. The van der Waals surface area contributed by atoms with Crippen molar-refractivity contribution in [1.29, 1.82) is 0 Å². The second-order valence-electron chi connectivity index (χ2n) is 6.21. The molecule has 0 radical (unpaired) electrons. The highest BCUT2D eigenvalue weighted by atomic mass is 16.1. The third-order valence-corrected chi connectivity index (χ3v) is 4.46. The van der Waals surface area contributed by atoms with Gasteiger partial charge in [-0.05, 0) is 55.0 Å². The molecule has 1 N–H and O–H groups in total. The van der Waals surface area contributed by atoms with E-state index in [-0.39, 0.29) is 11.6 Å². The highest BCUT2D eigenvalue weighted by molar-refractivity contribution is 5.68. The summed E-state index contributed by atoms with van der Waals surface area (Å²) in [6.45, 7) is 4.12. The molecule has 2 heteroatoms. The molecule has 21 heavy (non-hydrogen) atoms. The van der Waals surface area contributed by atoms with Gasteiger partial charge in [-0.25, -0.2) is 0 Å². The summed E-state index contributed by atoms with van der Waals surface area (Å²) in [5, 5.41) is 3.46. The molecule has 1 aliphatic rings. The van der Waals surface area contributed by atoms with E-state index in [9.17, 15) is 4.79 Å². The van der Waals surface area contributed by atoms with Gasteiger partial charge in [-0.1, -0.05) is 42.5 Å². The van der Waals surface area contributed by atoms with Crippen molar-refractivity contribution >= 4 is 6.29 Å². The van der Waals surface area contributed by atoms with Gasteiger partial charge in [0, 0.05) is 6.04 Å². The van der Waals surface area contributed by atoms with Gasteiger partial charge in [-0.2, -0.15) is 0 Å². The number of carbonyl (C=O) groups excluding carboxylic acids is 1.